The summed E-state index contributed by atoms with van der Waals surface area (Å²) >= 11 is 0. The summed E-state index contributed by atoms with van der Waals surface area (Å²) in [6.07, 6.45) is 14.9. The number of aliphatic hydroxyl groups excluding tert-OH is 1. The van der Waals surface area contributed by atoms with Gasteiger partial charge in [0.25, 0.3) is 0 Å². The first-order valence-corrected chi connectivity index (χ1v) is 10.3. The third-order valence-corrected chi connectivity index (χ3v) is 4.75. The fourth-order valence-electron chi connectivity index (χ4n) is 3.17. The summed E-state index contributed by atoms with van der Waals surface area (Å²) in [5.41, 5.74) is 0.00536. The van der Waals surface area contributed by atoms with E-state index < -0.39 is 18.2 Å². The average molecular weight is 356 g/mol. The van der Waals surface area contributed by atoms with Crippen LogP contribution in [-0.2, 0) is 14.4 Å². The predicted molar refractivity (Wildman–Crippen MR) is 101 cm³/mol. The zero-order valence-electron chi connectivity index (χ0n) is 16.2. The zero-order valence-corrected chi connectivity index (χ0v) is 16.2. The third kappa shape index (κ3) is 9.24. The molecule has 5 nitrogen and oxygen atoms in total. The van der Waals surface area contributed by atoms with Gasteiger partial charge in [-0.05, 0) is 19.8 Å². The normalized spacial score (nSPS) is 19.6. The Hall–Kier alpha value is -1.10. The van der Waals surface area contributed by atoms with Crippen LogP contribution in [0.1, 0.15) is 97.3 Å². The maximum atomic E-state index is 11.6. The Morgan fingerprint density at radius 3 is 2.00 bits per heavy atom. The standard InChI is InChI=1S/C20H37NO4/c1-3-5-6-7-8-9-10-11-12-13-14-15-16-17-19(22)18(21-25-17)20(23)24-4-2/h17,19,22H,3-16H2,1-2H3/t17-,19-/m0/s1. The monoisotopic (exact) mass is 355 g/mol. The van der Waals surface area contributed by atoms with Crippen molar-refractivity contribution in [2.24, 2.45) is 5.16 Å². The molecule has 1 aliphatic heterocycles. The minimum Gasteiger partial charge on any atom is -0.461 e. The largest absolute Gasteiger partial charge is 0.461 e. The highest BCUT2D eigenvalue weighted by Gasteiger charge is 2.36. The van der Waals surface area contributed by atoms with E-state index in [-0.39, 0.29) is 12.3 Å². The van der Waals surface area contributed by atoms with E-state index in [1.807, 2.05) is 0 Å². The van der Waals surface area contributed by atoms with E-state index in [2.05, 4.69) is 12.1 Å². The summed E-state index contributed by atoms with van der Waals surface area (Å²) in [6, 6.07) is 0. The molecule has 1 rings (SSSR count). The van der Waals surface area contributed by atoms with E-state index >= 15 is 0 Å². The Morgan fingerprint density at radius 2 is 1.48 bits per heavy atom. The molecule has 1 aliphatic rings. The van der Waals surface area contributed by atoms with E-state index in [4.69, 9.17) is 9.57 Å². The number of oxime groups is 1. The van der Waals surface area contributed by atoms with Gasteiger partial charge in [-0.1, -0.05) is 82.7 Å². The van der Waals surface area contributed by atoms with Crippen molar-refractivity contribution in [1.82, 2.24) is 0 Å². The van der Waals surface area contributed by atoms with Crippen LogP contribution in [0.4, 0.5) is 0 Å². The summed E-state index contributed by atoms with van der Waals surface area (Å²) in [7, 11) is 0. The lowest BCUT2D eigenvalue weighted by atomic mass is 10.0. The first kappa shape index (κ1) is 21.9. The van der Waals surface area contributed by atoms with Crippen molar-refractivity contribution >= 4 is 11.7 Å². The van der Waals surface area contributed by atoms with Gasteiger partial charge in [0.05, 0.1) is 6.61 Å². The number of hydrogen-bond acceptors (Lipinski definition) is 5. The van der Waals surface area contributed by atoms with Crippen LogP contribution in [0.25, 0.3) is 0 Å². The second kappa shape index (κ2) is 14.1. The number of carbonyl (C=O) groups is 1. The van der Waals surface area contributed by atoms with E-state index in [1.165, 1.54) is 64.2 Å². The Kier molecular flexibility index (Phi) is 12.4. The molecule has 0 radical (unpaired) electrons. The number of hydrogen-bond donors (Lipinski definition) is 1. The zero-order chi connectivity index (χ0) is 18.3. The van der Waals surface area contributed by atoms with Gasteiger partial charge in [0.2, 0.25) is 0 Å². The van der Waals surface area contributed by atoms with Gasteiger partial charge < -0.3 is 14.7 Å². The third-order valence-electron chi connectivity index (χ3n) is 4.75. The molecule has 0 aromatic heterocycles. The molecule has 0 amide bonds. The first-order chi connectivity index (χ1) is 12.2. The van der Waals surface area contributed by atoms with Gasteiger partial charge in [-0.3, -0.25) is 0 Å². The van der Waals surface area contributed by atoms with Crippen LogP contribution in [0.2, 0.25) is 0 Å². The maximum absolute atomic E-state index is 11.6. The molecular weight excluding hydrogens is 318 g/mol. The van der Waals surface area contributed by atoms with Crippen LogP contribution >= 0.6 is 0 Å². The smallest absolute Gasteiger partial charge is 0.359 e. The Bertz CT molecular complexity index is 384. The predicted octanol–water partition coefficient (Wildman–Crippen LogP) is 4.76. The van der Waals surface area contributed by atoms with Gasteiger partial charge in [0, 0.05) is 0 Å². The van der Waals surface area contributed by atoms with E-state index in [1.54, 1.807) is 6.92 Å². The van der Waals surface area contributed by atoms with Crippen LogP contribution in [0.3, 0.4) is 0 Å². The van der Waals surface area contributed by atoms with E-state index in [0.717, 1.165) is 19.3 Å². The molecule has 0 bridgehead atoms. The van der Waals surface area contributed by atoms with Crippen LogP contribution in [-0.4, -0.2) is 35.6 Å². The van der Waals surface area contributed by atoms with Crippen molar-refractivity contribution in [1.29, 1.82) is 0 Å². The number of esters is 1. The summed E-state index contributed by atoms with van der Waals surface area (Å²) < 4.78 is 4.85. The van der Waals surface area contributed by atoms with Crippen molar-refractivity contribution in [2.45, 2.75) is 110 Å². The van der Waals surface area contributed by atoms with Gasteiger partial charge in [-0.2, -0.15) is 0 Å². The molecule has 0 aromatic carbocycles. The number of carbonyl (C=O) groups excluding carboxylic acids is 1. The number of nitrogens with zero attached hydrogens (tertiary/aromatic N) is 1. The number of rotatable bonds is 15. The fraction of sp³-hybridized carbons (Fsp3) is 0.900. The first-order valence-electron chi connectivity index (χ1n) is 10.3. The molecule has 5 heteroatoms. The maximum Gasteiger partial charge on any atom is 0.359 e. The molecule has 1 N–H and O–H groups in total. The molecule has 0 spiro atoms. The summed E-state index contributed by atoms with van der Waals surface area (Å²) in [5, 5.41) is 13.8. The van der Waals surface area contributed by atoms with Crippen LogP contribution < -0.4 is 0 Å². The lowest BCUT2D eigenvalue weighted by Crippen LogP contribution is -2.34. The summed E-state index contributed by atoms with van der Waals surface area (Å²) in [6.45, 7) is 4.25. The number of ether oxygens (including phenoxy) is 1. The number of aliphatic hydroxyl groups is 1. The molecule has 146 valence electrons. The lowest BCUT2D eigenvalue weighted by molar-refractivity contribution is -0.135. The molecule has 25 heavy (non-hydrogen) atoms. The van der Waals surface area contributed by atoms with Crippen molar-refractivity contribution in [3.05, 3.63) is 0 Å². The molecule has 0 aromatic rings. The molecule has 0 fully saturated rings. The summed E-state index contributed by atoms with van der Waals surface area (Å²) in [5.74, 6) is -0.577. The minimum atomic E-state index is -0.952. The van der Waals surface area contributed by atoms with Crippen molar-refractivity contribution in [2.75, 3.05) is 6.61 Å². The topological polar surface area (TPSA) is 68.1 Å². The van der Waals surface area contributed by atoms with E-state index in [0.29, 0.717) is 0 Å². The minimum absolute atomic E-state index is 0.00536. The van der Waals surface area contributed by atoms with Crippen LogP contribution in [0.15, 0.2) is 5.16 Å². The highest BCUT2D eigenvalue weighted by atomic mass is 16.7. The van der Waals surface area contributed by atoms with Crippen molar-refractivity contribution in [3.8, 4) is 0 Å². The Labute approximate surface area is 153 Å². The highest BCUT2D eigenvalue weighted by molar-refractivity contribution is 6.38. The van der Waals surface area contributed by atoms with Crippen LogP contribution in [0, 0.1) is 0 Å². The van der Waals surface area contributed by atoms with Crippen molar-refractivity contribution in [3.63, 3.8) is 0 Å². The molecule has 0 unspecified atom stereocenters. The number of unbranched alkanes of at least 4 members (excludes halogenated alkanes) is 11. The van der Waals surface area contributed by atoms with Gasteiger partial charge in [0.1, 0.15) is 6.10 Å². The SMILES string of the molecule is CCCCCCCCCCCCCC[C@@H]1ON=C(C(=O)OCC)[C@H]1O. The molecular formula is C20H37NO4. The second-order valence-corrected chi connectivity index (χ2v) is 6.96. The lowest BCUT2D eigenvalue weighted by Gasteiger charge is -2.12. The molecule has 0 saturated heterocycles. The molecule has 2 atom stereocenters. The quantitative estimate of drug-likeness (QED) is 0.340. The van der Waals surface area contributed by atoms with Gasteiger partial charge >= 0.3 is 5.97 Å². The van der Waals surface area contributed by atoms with Crippen molar-refractivity contribution < 1.29 is 19.5 Å². The van der Waals surface area contributed by atoms with Gasteiger partial charge in [-0.15, -0.1) is 0 Å². The molecule has 0 aliphatic carbocycles. The molecule has 0 saturated carbocycles. The Morgan fingerprint density at radius 1 is 0.960 bits per heavy atom. The average Bonchev–Trinajstić information content (AvgIpc) is 2.97. The fourth-order valence-corrected chi connectivity index (χ4v) is 3.17. The van der Waals surface area contributed by atoms with Crippen LogP contribution in [0.5, 0.6) is 0 Å². The second-order valence-electron chi connectivity index (χ2n) is 6.96. The molecule has 1 heterocycles. The summed E-state index contributed by atoms with van der Waals surface area (Å²) in [4.78, 5) is 16.8. The highest BCUT2D eigenvalue weighted by Crippen LogP contribution is 2.19. The Balaban J connectivity index is 1.93. The van der Waals surface area contributed by atoms with Gasteiger partial charge in [-0.25, -0.2) is 4.79 Å². The van der Waals surface area contributed by atoms with E-state index in [9.17, 15) is 9.90 Å². The van der Waals surface area contributed by atoms with Gasteiger partial charge in [0.15, 0.2) is 11.8 Å².